The molecule has 9 heteroatoms. The molecule has 0 aliphatic carbocycles. The number of methoxy groups -OCH3 is 2. The lowest BCUT2D eigenvalue weighted by Crippen LogP contribution is -2.36. The molecule has 0 saturated carbocycles. The molecule has 1 aliphatic rings. The third kappa shape index (κ3) is 4.56. The van der Waals surface area contributed by atoms with Crippen molar-refractivity contribution in [2.45, 2.75) is 19.0 Å². The van der Waals surface area contributed by atoms with Gasteiger partial charge in [0, 0.05) is 23.0 Å². The number of H-pyrrole nitrogens is 1. The first kappa shape index (κ1) is 23.6. The molecule has 1 N–H and O–H groups in total. The number of aromatic amines is 1. The fourth-order valence-electron chi connectivity index (χ4n) is 4.11. The SMILES string of the molecule is COc1ccc(C2/C(=C(\[O-])c3ccc(Br)cc3)C(=O)C(=O)N2CCC[n+]2cc[nH]c2)cc1OC. The quantitative estimate of drug-likeness (QED) is 0.211. The molecule has 34 heavy (non-hydrogen) atoms. The number of halogens is 1. The lowest BCUT2D eigenvalue weighted by Gasteiger charge is -2.28. The number of nitrogens with zero attached hydrogens (tertiary/aromatic N) is 2. The fourth-order valence-corrected chi connectivity index (χ4v) is 4.37. The Bertz CT molecular complexity index is 1220. The second kappa shape index (κ2) is 10.1. The van der Waals surface area contributed by atoms with Crippen LogP contribution in [0.4, 0.5) is 0 Å². The summed E-state index contributed by atoms with van der Waals surface area (Å²) in [5.74, 6) is -0.961. The van der Waals surface area contributed by atoms with E-state index < -0.39 is 23.5 Å². The van der Waals surface area contributed by atoms with Crippen molar-refractivity contribution in [2.24, 2.45) is 0 Å². The summed E-state index contributed by atoms with van der Waals surface area (Å²) in [5, 5.41) is 13.5. The van der Waals surface area contributed by atoms with E-state index in [1.807, 2.05) is 17.1 Å². The summed E-state index contributed by atoms with van der Waals surface area (Å²) in [7, 11) is 3.04. The van der Waals surface area contributed by atoms with E-state index in [1.54, 1.807) is 48.7 Å². The monoisotopic (exact) mass is 525 g/mol. The summed E-state index contributed by atoms with van der Waals surface area (Å²) in [6.45, 7) is 0.953. The lowest BCUT2D eigenvalue weighted by atomic mass is 9.95. The summed E-state index contributed by atoms with van der Waals surface area (Å²) in [6, 6.07) is 11.1. The van der Waals surface area contributed by atoms with Gasteiger partial charge in [-0.25, -0.2) is 4.57 Å². The molecular formula is C25H24BrN3O5. The van der Waals surface area contributed by atoms with E-state index in [0.29, 0.717) is 42.1 Å². The first-order chi connectivity index (χ1) is 16.4. The fraction of sp³-hybridized carbons (Fsp3) is 0.240. The van der Waals surface area contributed by atoms with E-state index >= 15 is 0 Å². The van der Waals surface area contributed by atoms with Crippen molar-refractivity contribution in [3.05, 3.63) is 82.4 Å². The number of likely N-dealkylation sites (tertiary alicyclic amines) is 1. The van der Waals surface area contributed by atoms with E-state index in [-0.39, 0.29) is 5.57 Å². The van der Waals surface area contributed by atoms with Crippen molar-refractivity contribution in [1.82, 2.24) is 9.88 Å². The van der Waals surface area contributed by atoms with Crippen molar-refractivity contribution in [2.75, 3.05) is 20.8 Å². The Morgan fingerprint density at radius 3 is 2.50 bits per heavy atom. The zero-order valence-corrected chi connectivity index (χ0v) is 20.4. The van der Waals surface area contributed by atoms with Gasteiger partial charge in [-0.3, -0.25) is 14.6 Å². The molecule has 0 spiro atoms. The molecule has 1 fully saturated rings. The highest BCUT2D eigenvalue weighted by Crippen LogP contribution is 2.41. The molecule has 1 unspecified atom stereocenters. The number of hydrogen-bond donors (Lipinski definition) is 1. The van der Waals surface area contributed by atoms with Crippen LogP contribution in [0.3, 0.4) is 0 Å². The molecule has 1 atom stereocenters. The summed E-state index contributed by atoms with van der Waals surface area (Å²) < 4.78 is 13.5. The maximum absolute atomic E-state index is 13.5. The molecule has 1 aromatic heterocycles. The number of imidazole rings is 1. The van der Waals surface area contributed by atoms with Crippen LogP contribution in [-0.4, -0.2) is 42.3 Å². The molecule has 0 radical (unpaired) electrons. The number of Topliss-reactive ketones (excluding diaryl/α,β-unsaturated/α-hetero) is 1. The number of aromatic nitrogens is 2. The van der Waals surface area contributed by atoms with E-state index in [2.05, 4.69) is 20.9 Å². The lowest BCUT2D eigenvalue weighted by molar-refractivity contribution is -0.695. The molecule has 176 valence electrons. The average Bonchev–Trinajstić information content (AvgIpc) is 3.46. The first-order valence-electron chi connectivity index (χ1n) is 10.7. The van der Waals surface area contributed by atoms with Crippen LogP contribution in [-0.2, 0) is 16.1 Å². The van der Waals surface area contributed by atoms with E-state index in [4.69, 9.17) is 9.47 Å². The third-order valence-electron chi connectivity index (χ3n) is 5.78. The molecule has 2 heterocycles. The van der Waals surface area contributed by atoms with Gasteiger partial charge >= 0.3 is 0 Å². The molecule has 0 bridgehead atoms. The molecule has 2 aromatic carbocycles. The van der Waals surface area contributed by atoms with Crippen LogP contribution in [0.1, 0.15) is 23.6 Å². The Morgan fingerprint density at radius 1 is 1.12 bits per heavy atom. The van der Waals surface area contributed by atoms with Crippen LogP contribution in [0.15, 0.2) is 71.2 Å². The van der Waals surface area contributed by atoms with Crippen LogP contribution in [0.5, 0.6) is 11.5 Å². The second-order valence-corrected chi connectivity index (χ2v) is 8.71. The highest BCUT2D eigenvalue weighted by atomic mass is 79.9. The minimum absolute atomic E-state index is 0.0613. The van der Waals surface area contributed by atoms with Crippen LogP contribution in [0.25, 0.3) is 5.76 Å². The van der Waals surface area contributed by atoms with Crippen molar-refractivity contribution in [3.8, 4) is 11.5 Å². The van der Waals surface area contributed by atoms with Crippen molar-refractivity contribution in [1.29, 1.82) is 0 Å². The van der Waals surface area contributed by atoms with Crippen molar-refractivity contribution >= 4 is 33.4 Å². The van der Waals surface area contributed by atoms with Gasteiger partial charge in [-0.1, -0.05) is 39.9 Å². The Hall–Kier alpha value is -3.59. The normalized spacial score (nSPS) is 17.3. The largest absolute Gasteiger partial charge is 0.872 e. The summed E-state index contributed by atoms with van der Waals surface area (Å²) in [6.07, 6.45) is 6.11. The Labute approximate surface area is 205 Å². The van der Waals surface area contributed by atoms with Gasteiger partial charge in [0.25, 0.3) is 5.91 Å². The van der Waals surface area contributed by atoms with Gasteiger partial charge in [0.05, 0.1) is 26.8 Å². The van der Waals surface area contributed by atoms with Gasteiger partial charge in [0.1, 0.15) is 12.4 Å². The summed E-state index contributed by atoms with van der Waals surface area (Å²) in [5.41, 5.74) is 0.884. The minimum atomic E-state index is -0.827. The van der Waals surface area contributed by atoms with Gasteiger partial charge in [-0.15, -0.1) is 0 Å². The van der Waals surface area contributed by atoms with Gasteiger partial charge in [0.15, 0.2) is 11.5 Å². The number of nitrogens with one attached hydrogen (secondary N) is 1. The predicted molar refractivity (Wildman–Crippen MR) is 126 cm³/mol. The number of carbonyl (C=O) groups is 2. The molecule has 8 nitrogen and oxygen atoms in total. The summed E-state index contributed by atoms with van der Waals surface area (Å²) in [4.78, 5) is 30.7. The zero-order chi connectivity index (χ0) is 24.2. The van der Waals surface area contributed by atoms with E-state index in [9.17, 15) is 14.7 Å². The van der Waals surface area contributed by atoms with E-state index in [1.165, 1.54) is 19.1 Å². The van der Waals surface area contributed by atoms with Crippen molar-refractivity contribution < 1.29 is 28.7 Å². The van der Waals surface area contributed by atoms with Gasteiger partial charge < -0.3 is 19.5 Å². The summed E-state index contributed by atoms with van der Waals surface area (Å²) >= 11 is 3.35. The maximum Gasteiger partial charge on any atom is 0.295 e. The zero-order valence-electron chi connectivity index (χ0n) is 18.8. The predicted octanol–water partition coefficient (Wildman–Crippen LogP) is 2.40. The Kier molecular flexibility index (Phi) is 7.02. The molecule has 1 amide bonds. The van der Waals surface area contributed by atoms with E-state index in [0.717, 1.165) is 4.47 Å². The molecular weight excluding hydrogens is 502 g/mol. The minimum Gasteiger partial charge on any atom is -0.872 e. The number of hydrogen-bond acceptors (Lipinski definition) is 5. The second-order valence-electron chi connectivity index (χ2n) is 7.80. The van der Waals surface area contributed by atoms with Crippen molar-refractivity contribution in [3.63, 3.8) is 0 Å². The third-order valence-corrected chi connectivity index (χ3v) is 6.31. The number of carbonyl (C=O) groups excluding carboxylic acids is 2. The average molecular weight is 526 g/mol. The number of benzene rings is 2. The number of rotatable bonds is 8. The molecule has 4 rings (SSSR count). The highest BCUT2D eigenvalue weighted by molar-refractivity contribution is 9.10. The molecule has 3 aromatic rings. The molecule has 1 saturated heterocycles. The number of aryl methyl sites for hydroxylation is 1. The van der Waals surface area contributed by atoms with Gasteiger partial charge in [-0.2, -0.15) is 0 Å². The van der Waals surface area contributed by atoms with Crippen LogP contribution < -0.4 is 19.1 Å². The molecule has 1 aliphatic heterocycles. The maximum atomic E-state index is 13.5. The highest BCUT2D eigenvalue weighted by Gasteiger charge is 2.44. The first-order valence-corrected chi connectivity index (χ1v) is 11.5. The van der Waals surface area contributed by atoms with Gasteiger partial charge in [0.2, 0.25) is 12.1 Å². The van der Waals surface area contributed by atoms with Crippen LogP contribution in [0, 0.1) is 0 Å². The number of ketones is 1. The Balaban J connectivity index is 1.77. The standard InChI is InChI=1S/C25H24BrN3O5/c1-33-19-9-6-17(14-20(19)34-2)22-21(23(30)16-4-7-18(26)8-5-16)24(31)25(32)29(22)12-3-11-28-13-10-27-15-28/h4-10,13-15,22H,3,11-12H2,1-2H3,(H,30,31). The van der Waals surface area contributed by atoms with Crippen LogP contribution in [0.2, 0.25) is 0 Å². The number of ether oxygens (including phenoxy) is 2. The Morgan fingerprint density at radius 2 is 1.85 bits per heavy atom. The van der Waals surface area contributed by atoms with Gasteiger partial charge in [-0.05, 0) is 35.4 Å². The smallest absolute Gasteiger partial charge is 0.295 e. The van der Waals surface area contributed by atoms with Crippen LogP contribution >= 0.6 is 15.9 Å². The number of amides is 1. The topological polar surface area (TPSA) is 98.6 Å².